The van der Waals surface area contributed by atoms with Crippen LogP contribution in [-0.2, 0) is 0 Å². The van der Waals surface area contributed by atoms with E-state index < -0.39 is 0 Å². The fraction of sp³-hybridized carbons (Fsp3) is 0.118. The molecule has 3 aromatic rings. The van der Waals surface area contributed by atoms with Gasteiger partial charge in [-0.05, 0) is 36.8 Å². The molecule has 0 amide bonds. The van der Waals surface area contributed by atoms with E-state index in [1.807, 2.05) is 55.5 Å². The van der Waals surface area contributed by atoms with E-state index in [0.29, 0.717) is 5.69 Å². The first-order chi connectivity index (χ1) is 10.2. The lowest BCUT2D eigenvalue weighted by molar-refractivity contribution is 0.414. The summed E-state index contributed by atoms with van der Waals surface area (Å²) < 4.78 is 6.90. The summed E-state index contributed by atoms with van der Waals surface area (Å²) in [6, 6.07) is 15.5. The molecule has 0 radical (unpaired) electrons. The van der Waals surface area contributed by atoms with Crippen molar-refractivity contribution in [2.75, 3.05) is 7.11 Å². The number of aryl methyl sites for hydroxylation is 1. The molecule has 0 aliphatic carbocycles. The predicted octanol–water partition coefficient (Wildman–Crippen LogP) is 3.56. The van der Waals surface area contributed by atoms with Crippen molar-refractivity contribution < 1.29 is 9.84 Å². The Kier molecular flexibility index (Phi) is 3.36. The molecule has 1 N–H and O–H groups in total. The van der Waals surface area contributed by atoms with E-state index in [1.54, 1.807) is 11.8 Å². The second-order valence-electron chi connectivity index (χ2n) is 4.80. The summed E-state index contributed by atoms with van der Waals surface area (Å²) in [6.45, 7) is 2.01. The Balaban J connectivity index is 2.15. The van der Waals surface area contributed by atoms with Crippen molar-refractivity contribution in [1.82, 2.24) is 9.78 Å². The van der Waals surface area contributed by atoms with Gasteiger partial charge in [-0.15, -0.1) is 0 Å². The van der Waals surface area contributed by atoms with Crippen LogP contribution in [0.2, 0.25) is 0 Å². The monoisotopic (exact) mass is 280 g/mol. The van der Waals surface area contributed by atoms with Crippen molar-refractivity contribution in [3.05, 3.63) is 60.3 Å². The molecule has 0 aliphatic rings. The molecule has 4 heteroatoms. The number of ether oxygens (including phenoxy) is 1. The number of nitrogens with zero attached hydrogens (tertiary/aromatic N) is 2. The van der Waals surface area contributed by atoms with Crippen molar-refractivity contribution >= 4 is 0 Å². The minimum absolute atomic E-state index is 0.167. The van der Waals surface area contributed by atoms with E-state index in [2.05, 4.69) is 5.10 Å². The van der Waals surface area contributed by atoms with Crippen LogP contribution >= 0.6 is 0 Å². The Bertz CT molecular complexity index is 761. The lowest BCUT2D eigenvalue weighted by Gasteiger charge is -2.10. The Morgan fingerprint density at radius 3 is 2.43 bits per heavy atom. The summed E-state index contributed by atoms with van der Waals surface area (Å²) >= 11 is 0. The van der Waals surface area contributed by atoms with E-state index in [0.717, 1.165) is 22.6 Å². The lowest BCUT2D eigenvalue weighted by Crippen LogP contribution is -1.99. The van der Waals surface area contributed by atoms with Crippen molar-refractivity contribution in [3.63, 3.8) is 0 Å². The first-order valence-corrected chi connectivity index (χ1v) is 6.68. The highest BCUT2D eigenvalue weighted by atomic mass is 16.5. The molecule has 3 rings (SSSR count). The first kappa shape index (κ1) is 13.2. The number of rotatable bonds is 3. The fourth-order valence-corrected chi connectivity index (χ4v) is 2.35. The number of methoxy groups -OCH3 is 1. The first-order valence-electron chi connectivity index (χ1n) is 6.68. The van der Waals surface area contributed by atoms with Gasteiger partial charge in [-0.1, -0.05) is 24.3 Å². The maximum absolute atomic E-state index is 10.2. The summed E-state index contributed by atoms with van der Waals surface area (Å²) in [6.07, 6.45) is 1.46. The molecule has 0 bridgehead atoms. The van der Waals surface area contributed by atoms with E-state index in [1.165, 1.54) is 6.20 Å². The number of aromatic hydroxyl groups is 1. The zero-order chi connectivity index (χ0) is 14.8. The van der Waals surface area contributed by atoms with E-state index >= 15 is 0 Å². The highest BCUT2D eigenvalue weighted by Gasteiger charge is 2.15. The topological polar surface area (TPSA) is 47.3 Å². The van der Waals surface area contributed by atoms with Crippen LogP contribution in [0, 0.1) is 6.92 Å². The summed E-state index contributed by atoms with van der Waals surface area (Å²) in [7, 11) is 1.63. The van der Waals surface area contributed by atoms with Gasteiger partial charge >= 0.3 is 0 Å². The molecule has 21 heavy (non-hydrogen) atoms. The van der Waals surface area contributed by atoms with Crippen molar-refractivity contribution in [1.29, 1.82) is 0 Å². The fourth-order valence-electron chi connectivity index (χ4n) is 2.35. The number of aromatic nitrogens is 2. The van der Waals surface area contributed by atoms with Gasteiger partial charge in [-0.3, -0.25) is 0 Å². The molecule has 0 saturated heterocycles. The van der Waals surface area contributed by atoms with Crippen molar-refractivity contribution in [2.24, 2.45) is 0 Å². The molecule has 0 fully saturated rings. The zero-order valence-corrected chi connectivity index (χ0v) is 11.9. The molecule has 4 nitrogen and oxygen atoms in total. The van der Waals surface area contributed by atoms with Crippen LogP contribution in [0.15, 0.2) is 54.7 Å². The largest absolute Gasteiger partial charge is 0.504 e. The number of benzene rings is 2. The third-order valence-corrected chi connectivity index (χ3v) is 3.47. The van der Waals surface area contributed by atoms with Crippen LogP contribution in [0.25, 0.3) is 16.9 Å². The van der Waals surface area contributed by atoms with Gasteiger partial charge in [0.25, 0.3) is 0 Å². The van der Waals surface area contributed by atoms with Gasteiger partial charge in [-0.25, -0.2) is 4.68 Å². The van der Waals surface area contributed by atoms with Crippen LogP contribution in [0.5, 0.6) is 11.5 Å². The van der Waals surface area contributed by atoms with E-state index in [4.69, 9.17) is 4.74 Å². The summed E-state index contributed by atoms with van der Waals surface area (Å²) in [5.41, 5.74) is 3.61. The Morgan fingerprint density at radius 2 is 1.76 bits per heavy atom. The van der Waals surface area contributed by atoms with Gasteiger partial charge < -0.3 is 9.84 Å². The molecule has 1 heterocycles. The van der Waals surface area contributed by atoms with Crippen LogP contribution < -0.4 is 4.74 Å². The molecule has 0 aliphatic heterocycles. The average molecular weight is 280 g/mol. The van der Waals surface area contributed by atoms with Gasteiger partial charge in [0.15, 0.2) is 5.75 Å². The number of hydrogen-bond donors (Lipinski definition) is 1. The molecule has 0 saturated carbocycles. The minimum atomic E-state index is 0.167. The maximum Gasteiger partial charge on any atom is 0.162 e. The molecule has 0 spiro atoms. The molecule has 2 aromatic carbocycles. The lowest BCUT2D eigenvalue weighted by atomic mass is 10.1. The molecular formula is C17H16N2O2. The average Bonchev–Trinajstić information content (AvgIpc) is 2.89. The van der Waals surface area contributed by atoms with Crippen LogP contribution in [0.1, 0.15) is 5.56 Å². The zero-order valence-electron chi connectivity index (χ0n) is 11.9. The SMILES string of the molecule is COc1ccc(-n2ncc(O)c2-c2ccccc2C)cc1. The standard InChI is InChI=1S/C17H16N2O2/c1-12-5-3-4-6-15(12)17-16(20)11-18-19(17)13-7-9-14(21-2)10-8-13/h3-11,20H,1-2H3. The third-order valence-electron chi connectivity index (χ3n) is 3.47. The second kappa shape index (κ2) is 5.32. The van der Waals surface area contributed by atoms with Gasteiger partial charge in [0.2, 0.25) is 0 Å². The third kappa shape index (κ3) is 2.36. The van der Waals surface area contributed by atoms with E-state index in [-0.39, 0.29) is 5.75 Å². The van der Waals surface area contributed by atoms with Crippen LogP contribution in [0.4, 0.5) is 0 Å². The smallest absolute Gasteiger partial charge is 0.162 e. The van der Waals surface area contributed by atoms with E-state index in [9.17, 15) is 5.11 Å². The second-order valence-corrected chi connectivity index (χ2v) is 4.80. The molecule has 0 unspecified atom stereocenters. The van der Waals surface area contributed by atoms with Crippen LogP contribution in [0.3, 0.4) is 0 Å². The highest BCUT2D eigenvalue weighted by molar-refractivity contribution is 5.71. The molecule has 106 valence electrons. The Morgan fingerprint density at radius 1 is 1.05 bits per heavy atom. The summed E-state index contributed by atoms with van der Waals surface area (Å²) in [4.78, 5) is 0. The molecule has 1 aromatic heterocycles. The van der Waals surface area contributed by atoms with Gasteiger partial charge in [-0.2, -0.15) is 5.10 Å². The molecule has 0 atom stereocenters. The quantitative estimate of drug-likeness (QED) is 0.798. The Labute approximate surface area is 123 Å². The summed E-state index contributed by atoms with van der Waals surface area (Å²) in [5, 5.41) is 14.4. The normalized spacial score (nSPS) is 10.6. The van der Waals surface area contributed by atoms with Crippen molar-refractivity contribution in [3.8, 4) is 28.4 Å². The van der Waals surface area contributed by atoms with Crippen LogP contribution in [-0.4, -0.2) is 22.0 Å². The van der Waals surface area contributed by atoms with Gasteiger partial charge in [0, 0.05) is 5.56 Å². The maximum atomic E-state index is 10.2. The molecular weight excluding hydrogens is 264 g/mol. The number of hydrogen-bond acceptors (Lipinski definition) is 3. The van der Waals surface area contributed by atoms with Crippen molar-refractivity contribution in [2.45, 2.75) is 6.92 Å². The predicted molar refractivity (Wildman–Crippen MR) is 82.0 cm³/mol. The van der Waals surface area contributed by atoms with Gasteiger partial charge in [0.1, 0.15) is 11.4 Å². The minimum Gasteiger partial charge on any atom is -0.504 e. The van der Waals surface area contributed by atoms with Gasteiger partial charge in [0.05, 0.1) is 19.0 Å². The Hall–Kier alpha value is -2.75. The highest BCUT2D eigenvalue weighted by Crippen LogP contribution is 2.33. The summed E-state index contributed by atoms with van der Waals surface area (Å²) in [5.74, 6) is 0.952.